The van der Waals surface area contributed by atoms with Gasteiger partial charge in [0.15, 0.2) is 0 Å². The van der Waals surface area contributed by atoms with Crippen LogP contribution in [0.4, 0.5) is 0 Å². The van der Waals surface area contributed by atoms with Crippen molar-refractivity contribution in [3.05, 3.63) is 12.2 Å². The van der Waals surface area contributed by atoms with Crippen molar-refractivity contribution in [1.29, 1.82) is 0 Å². The van der Waals surface area contributed by atoms with E-state index in [2.05, 4.69) is 13.5 Å². The molecular formula is C7H12O. The minimum atomic E-state index is 0.684. The maximum Gasteiger partial charge on any atom is 0.0676 e. The van der Waals surface area contributed by atoms with E-state index >= 15 is 0 Å². The van der Waals surface area contributed by atoms with E-state index in [1.165, 1.54) is 5.57 Å². The highest BCUT2D eigenvalue weighted by Crippen LogP contribution is 2.17. The van der Waals surface area contributed by atoms with Crippen molar-refractivity contribution in [1.82, 2.24) is 0 Å². The average molecular weight is 112 g/mol. The fourth-order valence-corrected chi connectivity index (χ4v) is 0.810. The SMILES string of the molecule is C=C1COCC[C@H]1C. The van der Waals surface area contributed by atoms with Gasteiger partial charge in [-0.2, -0.15) is 0 Å². The van der Waals surface area contributed by atoms with E-state index in [4.69, 9.17) is 4.74 Å². The Kier molecular flexibility index (Phi) is 1.69. The van der Waals surface area contributed by atoms with Crippen LogP contribution in [-0.2, 0) is 4.74 Å². The maximum atomic E-state index is 5.15. The Bertz CT molecular complexity index is 96.6. The summed E-state index contributed by atoms with van der Waals surface area (Å²) in [7, 11) is 0. The first-order chi connectivity index (χ1) is 3.80. The predicted octanol–water partition coefficient (Wildman–Crippen LogP) is 1.60. The van der Waals surface area contributed by atoms with Crippen molar-refractivity contribution in [2.45, 2.75) is 13.3 Å². The summed E-state index contributed by atoms with van der Waals surface area (Å²) in [5, 5.41) is 0. The van der Waals surface area contributed by atoms with E-state index in [0.29, 0.717) is 5.92 Å². The number of hydrogen-bond acceptors (Lipinski definition) is 1. The van der Waals surface area contributed by atoms with Crippen LogP contribution in [0, 0.1) is 5.92 Å². The Morgan fingerprint density at radius 2 is 2.50 bits per heavy atom. The number of rotatable bonds is 0. The smallest absolute Gasteiger partial charge is 0.0676 e. The molecule has 1 aliphatic rings. The standard InChI is InChI=1S/C7H12O/c1-6-3-4-8-5-7(6)2/h6H,2-5H2,1H3/t6-/m1/s1. The first kappa shape index (κ1) is 5.83. The fourth-order valence-electron chi connectivity index (χ4n) is 0.810. The molecule has 1 fully saturated rings. The van der Waals surface area contributed by atoms with E-state index in [0.717, 1.165) is 19.6 Å². The lowest BCUT2D eigenvalue weighted by Gasteiger charge is -2.20. The topological polar surface area (TPSA) is 9.23 Å². The summed E-state index contributed by atoms with van der Waals surface area (Å²) < 4.78 is 5.15. The molecular weight excluding hydrogens is 100 g/mol. The van der Waals surface area contributed by atoms with Crippen LogP contribution in [-0.4, -0.2) is 13.2 Å². The monoisotopic (exact) mass is 112 g/mol. The third kappa shape index (κ3) is 1.10. The molecule has 1 heterocycles. The van der Waals surface area contributed by atoms with Crippen LogP contribution in [0.3, 0.4) is 0 Å². The Balaban J connectivity index is 2.39. The zero-order chi connectivity index (χ0) is 5.98. The highest BCUT2D eigenvalue weighted by atomic mass is 16.5. The zero-order valence-corrected chi connectivity index (χ0v) is 5.31. The second-order valence-electron chi connectivity index (χ2n) is 2.40. The fraction of sp³-hybridized carbons (Fsp3) is 0.714. The summed E-state index contributed by atoms with van der Waals surface area (Å²) in [6, 6.07) is 0. The summed E-state index contributed by atoms with van der Waals surface area (Å²) >= 11 is 0. The third-order valence-corrected chi connectivity index (χ3v) is 1.68. The molecule has 0 aromatic carbocycles. The highest BCUT2D eigenvalue weighted by molar-refractivity contribution is 5.00. The van der Waals surface area contributed by atoms with Gasteiger partial charge in [-0.3, -0.25) is 0 Å². The van der Waals surface area contributed by atoms with Crippen LogP contribution in [0.25, 0.3) is 0 Å². The summed E-state index contributed by atoms with van der Waals surface area (Å²) in [5.41, 5.74) is 1.25. The predicted molar refractivity (Wildman–Crippen MR) is 33.7 cm³/mol. The van der Waals surface area contributed by atoms with Gasteiger partial charge in [0.25, 0.3) is 0 Å². The molecule has 1 aliphatic heterocycles. The van der Waals surface area contributed by atoms with Gasteiger partial charge in [0.05, 0.1) is 6.61 Å². The summed E-state index contributed by atoms with van der Waals surface area (Å²) in [6.45, 7) is 7.77. The van der Waals surface area contributed by atoms with Crippen LogP contribution < -0.4 is 0 Å². The number of hydrogen-bond donors (Lipinski definition) is 0. The van der Waals surface area contributed by atoms with E-state index < -0.39 is 0 Å². The lowest BCUT2D eigenvalue weighted by atomic mass is 9.98. The lowest BCUT2D eigenvalue weighted by Crippen LogP contribution is -2.15. The van der Waals surface area contributed by atoms with Gasteiger partial charge in [-0.05, 0) is 17.9 Å². The van der Waals surface area contributed by atoms with Crippen molar-refractivity contribution in [2.24, 2.45) is 5.92 Å². The molecule has 1 rings (SSSR count). The quantitative estimate of drug-likeness (QED) is 0.432. The molecule has 0 aliphatic carbocycles. The molecule has 0 spiro atoms. The molecule has 8 heavy (non-hydrogen) atoms. The highest BCUT2D eigenvalue weighted by Gasteiger charge is 2.10. The van der Waals surface area contributed by atoms with Gasteiger partial charge < -0.3 is 4.74 Å². The van der Waals surface area contributed by atoms with Crippen molar-refractivity contribution in [2.75, 3.05) is 13.2 Å². The van der Waals surface area contributed by atoms with Crippen LogP contribution in [0.2, 0.25) is 0 Å². The van der Waals surface area contributed by atoms with Crippen molar-refractivity contribution in [3.8, 4) is 0 Å². The molecule has 1 heteroatoms. The van der Waals surface area contributed by atoms with Gasteiger partial charge in [-0.25, -0.2) is 0 Å². The zero-order valence-electron chi connectivity index (χ0n) is 5.31. The maximum absolute atomic E-state index is 5.15. The third-order valence-electron chi connectivity index (χ3n) is 1.68. The van der Waals surface area contributed by atoms with Crippen molar-refractivity contribution < 1.29 is 4.74 Å². The van der Waals surface area contributed by atoms with Crippen LogP contribution in [0.15, 0.2) is 12.2 Å². The summed E-state index contributed by atoms with van der Waals surface area (Å²) in [6.07, 6.45) is 1.15. The molecule has 0 saturated carbocycles. The first-order valence-corrected chi connectivity index (χ1v) is 3.06. The number of ether oxygens (including phenoxy) is 1. The molecule has 0 bridgehead atoms. The minimum absolute atomic E-state index is 0.684. The molecule has 0 aromatic rings. The van der Waals surface area contributed by atoms with Gasteiger partial charge in [0.1, 0.15) is 0 Å². The second kappa shape index (κ2) is 2.31. The Morgan fingerprint density at radius 1 is 1.75 bits per heavy atom. The normalized spacial score (nSPS) is 30.6. The molecule has 1 atom stereocenters. The van der Waals surface area contributed by atoms with Crippen molar-refractivity contribution >= 4 is 0 Å². The lowest BCUT2D eigenvalue weighted by molar-refractivity contribution is 0.112. The summed E-state index contributed by atoms with van der Waals surface area (Å²) in [5.74, 6) is 0.684. The van der Waals surface area contributed by atoms with Gasteiger partial charge in [0.2, 0.25) is 0 Å². The van der Waals surface area contributed by atoms with E-state index in [1.54, 1.807) is 0 Å². The molecule has 1 nitrogen and oxygen atoms in total. The van der Waals surface area contributed by atoms with Gasteiger partial charge in [-0.1, -0.05) is 13.5 Å². The molecule has 0 N–H and O–H groups in total. The molecule has 0 unspecified atom stereocenters. The Hall–Kier alpha value is -0.300. The molecule has 46 valence electrons. The minimum Gasteiger partial charge on any atom is -0.377 e. The van der Waals surface area contributed by atoms with Gasteiger partial charge in [-0.15, -0.1) is 0 Å². The van der Waals surface area contributed by atoms with Crippen LogP contribution >= 0.6 is 0 Å². The van der Waals surface area contributed by atoms with Crippen LogP contribution in [0.1, 0.15) is 13.3 Å². The average Bonchev–Trinajstić information content (AvgIpc) is 1.77. The van der Waals surface area contributed by atoms with Crippen LogP contribution in [0.5, 0.6) is 0 Å². The first-order valence-electron chi connectivity index (χ1n) is 3.06. The van der Waals surface area contributed by atoms with E-state index in [-0.39, 0.29) is 0 Å². The second-order valence-corrected chi connectivity index (χ2v) is 2.40. The Labute approximate surface area is 50.3 Å². The Morgan fingerprint density at radius 3 is 2.88 bits per heavy atom. The van der Waals surface area contributed by atoms with E-state index in [9.17, 15) is 0 Å². The van der Waals surface area contributed by atoms with Gasteiger partial charge in [0, 0.05) is 6.61 Å². The largest absolute Gasteiger partial charge is 0.377 e. The summed E-state index contributed by atoms with van der Waals surface area (Å²) in [4.78, 5) is 0. The molecule has 0 amide bonds. The molecule has 0 radical (unpaired) electrons. The van der Waals surface area contributed by atoms with E-state index in [1.807, 2.05) is 0 Å². The van der Waals surface area contributed by atoms with Gasteiger partial charge >= 0.3 is 0 Å². The molecule has 1 saturated heterocycles. The van der Waals surface area contributed by atoms with Crippen molar-refractivity contribution in [3.63, 3.8) is 0 Å². The molecule has 0 aromatic heterocycles.